The minimum atomic E-state index is 1.12. The molecule has 0 aromatic rings. The van der Waals surface area contributed by atoms with Crippen LogP contribution >= 0.6 is 0 Å². The lowest BCUT2D eigenvalue weighted by molar-refractivity contribution is -0.0644. The molecule has 0 atom stereocenters. The number of nitrogens with zero attached hydrogens (tertiary/aromatic N) is 1. The minimum Gasteiger partial charge on any atom is -0.392 e. The van der Waals surface area contributed by atoms with E-state index in [4.69, 9.17) is 4.84 Å². The first-order chi connectivity index (χ1) is 5.20. The van der Waals surface area contributed by atoms with Crippen molar-refractivity contribution < 1.29 is 4.84 Å². The lowest BCUT2D eigenvalue weighted by Crippen LogP contribution is -2.07. The second kappa shape index (κ2) is 5.80. The van der Waals surface area contributed by atoms with Crippen LogP contribution in [0, 0.1) is 0 Å². The first kappa shape index (κ1) is 10.0. The average molecular weight is 156 g/mol. The molecule has 0 heterocycles. The normalized spacial score (nSPS) is 12.2. The van der Waals surface area contributed by atoms with Crippen LogP contribution in [-0.2, 0) is 4.84 Å². The van der Waals surface area contributed by atoms with Crippen LogP contribution in [0.4, 0.5) is 0 Å². The largest absolute Gasteiger partial charge is 0.392 e. The molecule has 0 saturated heterocycles. The fourth-order valence-electron chi connectivity index (χ4n) is 0.453. The van der Waals surface area contributed by atoms with Crippen molar-refractivity contribution >= 4 is 0 Å². The summed E-state index contributed by atoms with van der Waals surface area (Å²) in [7, 11) is 5.34. The molecule has 0 amide bonds. The van der Waals surface area contributed by atoms with Crippen molar-refractivity contribution in [1.29, 1.82) is 0 Å². The van der Waals surface area contributed by atoms with Crippen LogP contribution in [0.1, 0.15) is 6.92 Å². The van der Waals surface area contributed by atoms with Gasteiger partial charge in [-0.15, -0.1) is 0 Å². The molecule has 0 radical (unpaired) electrons. The predicted octanol–water partition coefficient (Wildman–Crippen LogP) is 1.12. The van der Waals surface area contributed by atoms with E-state index in [-0.39, 0.29) is 0 Å². The number of hydroxylamine groups is 2. The highest BCUT2D eigenvalue weighted by Crippen LogP contribution is 1.88. The van der Waals surface area contributed by atoms with Crippen LogP contribution in [0.3, 0.4) is 0 Å². The standard InChI is InChI=1S/C8H16N2O/c1-8(9-2)6-5-7-10(3)11-4/h5-7,9H,1-4H3/b7-5-,8-6+. The van der Waals surface area contributed by atoms with Gasteiger partial charge in [-0.25, -0.2) is 0 Å². The summed E-state index contributed by atoms with van der Waals surface area (Å²) in [5.41, 5.74) is 1.12. The number of hydrogen-bond acceptors (Lipinski definition) is 3. The first-order valence-corrected chi connectivity index (χ1v) is 3.50. The van der Waals surface area contributed by atoms with Gasteiger partial charge in [-0.1, -0.05) is 0 Å². The Morgan fingerprint density at radius 1 is 1.55 bits per heavy atom. The molecule has 64 valence electrons. The Balaban J connectivity index is 3.75. The topological polar surface area (TPSA) is 24.5 Å². The summed E-state index contributed by atoms with van der Waals surface area (Å²) in [6.45, 7) is 2.00. The molecule has 0 bridgehead atoms. The summed E-state index contributed by atoms with van der Waals surface area (Å²) in [4.78, 5) is 4.86. The van der Waals surface area contributed by atoms with E-state index in [9.17, 15) is 0 Å². The number of hydrogen-bond donors (Lipinski definition) is 1. The first-order valence-electron chi connectivity index (χ1n) is 3.50. The Bertz CT molecular complexity index is 152. The Morgan fingerprint density at radius 2 is 2.18 bits per heavy atom. The monoisotopic (exact) mass is 156 g/mol. The van der Waals surface area contributed by atoms with E-state index in [0.717, 1.165) is 5.70 Å². The molecule has 0 unspecified atom stereocenters. The molecule has 0 aliphatic heterocycles. The van der Waals surface area contributed by atoms with Crippen LogP contribution in [0.25, 0.3) is 0 Å². The maximum absolute atomic E-state index is 4.86. The maximum Gasteiger partial charge on any atom is 0.0638 e. The van der Waals surface area contributed by atoms with E-state index < -0.39 is 0 Å². The van der Waals surface area contributed by atoms with Crippen molar-refractivity contribution in [3.63, 3.8) is 0 Å². The van der Waals surface area contributed by atoms with Gasteiger partial charge in [0.05, 0.1) is 7.11 Å². The Kier molecular flexibility index (Phi) is 5.29. The number of rotatable bonds is 4. The zero-order chi connectivity index (χ0) is 8.69. The third kappa shape index (κ3) is 5.48. The Morgan fingerprint density at radius 3 is 2.64 bits per heavy atom. The zero-order valence-corrected chi connectivity index (χ0v) is 7.59. The molecule has 0 saturated carbocycles. The van der Waals surface area contributed by atoms with Gasteiger partial charge in [0.25, 0.3) is 0 Å². The second-order valence-electron chi connectivity index (χ2n) is 2.17. The molecule has 0 aliphatic carbocycles. The fourth-order valence-corrected chi connectivity index (χ4v) is 0.453. The van der Waals surface area contributed by atoms with Gasteiger partial charge in [0.1, 0.15) is 0 Å². The Hall–Kier alpha value is -0.960. The van der Waals surface area contributed by atoms with E-state index in [2.05, 4.69) is 5.32 Å². The molecule has 0 spiro atoms. The average Bonchev–Trinajstić information content (AvgIpc) is 2.04. The van der Waals surface area contributed by atoms with Crippen LogP contribution in [0.15, 0.2) is 24.0 Å². The van der Waals surface area contributed by atoms with Gasteiger partial charge in [-0.2, -0.15) is 0 Å². The minimum absolute atomic E-state index is 1.12. The number of nitrogens with one attached hydrogen (secondary N) is 1. The van der Waals surface area contributed by atoms with E-state index >= 15 is 0 Å². The quantitative estimate of drug-likeness (QED) is 0.487. The molecule has 3 heteroatoms. The lowest BCUT2D eigenvalue weighted by Gasteiger charge is -2.07. The summed E-state index contributed by atoms with van der Waals surface area (Å²) in [5.74, 6) is 0. The second-order valence-corrected chi connectivity index (χ2v) is 2.17. The third-order valence-electron chi connectivity index (χ3n) is 1.32. The predicted molar refractivity (Wildman–Crippen MR) is 46.7 cm³/mol. The van der Waals surface area contributed by atoms with Gasteiger partial charge in [0, 0.05) is 26.0 Å². The van der Waals surface area contributed by atoms with Gasteiger partial charge in [0.15, 0.2) is 0 Å². The third-order valence-corrected chi connectivity index (χ3v) is 1.32. The molecule has 0 aliphatic rings. The highest BCUT2D eigenvalue weighted by atomic mass is 16.7. The molecular weight excluding hydrogens is 140 g/mol. The van der Waals surface area contributed by atoms with Gasteiger partial charge in [0.2, 0.25) is 0 Å². The Labute approximate surface area is 68.3 Å². The van der Waals surface area contributed by atoms with Gasteiger partial charge < -0.3 is 5.32 Å². The highest BCUT2D eigenvalue weighted by Gasteiger charge is 1.80. The van der Waals surface area contributed by atoms with Gasteiger partial charge in [-0.3, -0.25) is 9.90 Å². The van der Waals surface area contributed by atoms with Crippen molar-refractivity contribution in [3.05, 3.63) is 24.0 Å². The zero-order valence-electron chi connectivity index (χ0n) is 7.59. The van der Waals surface area contributed by atoms with Crippen molar-refractivity contribution in [2.75, 3.05) is 21.2 Å². The SMILES string of the molecule is CN/C(C)=C/C=C\N(C)OC. The summed E-state index contributed by atoms with van der Waals surface area (Å²) in [5, 5.41) is 4.63. The molecule has 0 rings (SSSR count). The molecule has 0 fully saturated rings. The lowest BCUT2D eigenvalue weighted by atomic mass is 10.4. The molecule has 0 aromatic heterocycles. The smallest absolute Gasteiger partial charge is 0.0638 e. The summed E-state index contributed by atoms with van der Waals surface area (Å²) in [6, 6.07) is 0. The van der Waals surface area contributed by atoms with E-state index in [0.29, 0.717) is 0 Å². The van der Waals surface area contributed by atoms with E-state index in [1.165, 1.54) is 0 Å². The van der Waals surface area contributed by atoms with E-state index in [1.807, 2.05) is 39.4 Å². The fraction of sp³-hybridized carbons (Fsp3) is 0.500. The van der Waals surface area contributed by atoms with Gasteiger partial charge in [-0.05, 0) is 19.1 Å². The van der Waals surface area contributed by atoms with Crippen molar-refractivity contribution in [3.8, 4) is 0 Å². The van der Waals surface area contributed by atoms with E-state index in [1.54, 1.807) is 12.2 Å². The summed E-state index contributed by atoms with van der Waals surface area (Å²) in [6.07, 6.45) is 5.71. The van der Waals surface area contributed by atoms with Crippen molar-refractivity contribution in [1.82, 2.24) is 10.4 Å². The summed E-state index contributed by atoms with van der Waals surface area (Å²) >= 11 is 0. The summed E-state index contributed by atoms with van der Waals surface area (Å²) < 4.78 is 0. The molecule has 3 nitrogen and oxygen atoms in total. The van der Waals surface area contributed by atoms with Crippen LogP contribution < -0.4 is 5.32 Å². The molecule has 0 aromatic carbocycles. The van der Waals surface area contributed by atoms with Crippen LogP contribution in [0.2, 0.25) is 0 Å². The molecular formula is C8H16N2O. The molecule has 11 heavy (non-hydrogen) atoms. The highest BCUT2D eigenvalue weighted by molar-refractivity contribution is 5.07. The van der Waals surface area contributed by atoms with Crippen LogP contribution in [0.5, 0.6) is 0 Å². The van der Waals surface area contributed by atoms with Gasteiger partial charge >= 0.3 is 0 Å². The molecule has 1 N–H and O–H groups in total. The maximum atomic E-state index is 4.86. The van der Waals surface area contributed by atoms with Crippen molar-refractivity contribution in [2.24, 2.45) is 0 Å². The van der Waals surface area contributed by atoms with Crippen LogP contribution in [-0.4, -0.2) is 26.3 Å². The van der Waals surface area contributed by atoms with Crippen molar-refractivity contribution in [2.45, 2.75) is 6.92 Å². The number of allylic oxidation sites excluding steroid dienone is 3.